The lowest BCUT2D eigenvalue weighted by Gasteiger charge is -2.19. The predicted octanol–water partition coefficient (Wildman–Crippen LogP) is 1.92. The summed E-state index contributed by atoms with van der Waals surface area (Å²) < 4.78 is 11.2. The van der Waals surface area contributed by atoms with E-state index in [2.05, 4.69) is 15.9 Å². The molecule has 110 valence electrons. The Morgan fingerprint density at radius 2 is 2.20 bits per heavy atom. The number of rotatable bonds is 4. The van der Waals surface area contributed by atoms with Crippen LogP contribution in [0.4, 0.5) is 0 Å². The molecule has 1 aliphatic heterocycles. The van der Waals surface area contributed by atoms with Gasteiger partial charge < -0.3 is 19.5 Å². The molecule has 0 radical (unpaired) electrons. The van der Waals surface area contributed by atoms with E-state index in [-0.39, 0.29) is 18.4 Å². The van der Waals surface area contributed by atoms with E-state index in [1.807, 2.05) is 0 Å². The van der Waals surface area contributed by atoms with Crippen LogP contribution < -0.4 is 9.47 Å². The predicted molar refractivity (Wildman–Crippen MR) is 78.3 cm³/mol. The van der Waals surface area contributed by atoms with Gasteiger partial charge in [-0.25, -0.2) is 0 Å². The monoisotopic (exact) mass is 343 g/mol. The molecule has 1 N–H and O–H groups in total. The fourth-order valence-corrected chi connectivity index (χ4v) is 2.99. The highest BCUT2D eigenvalue weighted by molar-refractivity contribution is 9.10. The Morgan fingerprint density at radius 3 is 2.75 bits per heavy atom. The third-order valence-electron chi connectivity index (χ3n) is 3.52. The van der Waals surface area contributed by atoms with Crippen molar-refractivity contribution in [3.05, 3.63) is 22.2 Å². The zero-order chi connectivity index (χ0) is 14.7. The molecule has 0 saturated carbocycles. The molecular weight excluding hydrogens is 326 g/mol. The molecule has 1 fully saturated rings. The number of halogens is 1. The third kappa shape index (κ3) is 2.91. The average molecular weight is 344 g/mol. The van der Waals surface area contributed by atoms with E-state index in [1.165, 1.54) is 7.11 Å². The summed E-state index contributed by atoms with van der Waals surface area (Å²) in [6.07, 6.45) is 0.829. The summed E-state index contributed by atoms with van der Waals surface area (Å²) in [6, 6.07) is 3.44. The minimum absolute atomic E-state index is 0.0996. The Kier molecular flexibility index (Phi) is 4.88. The molecule has 1 aromatic carbocycles. The first-order valence-electron chi connectivity index (χ1n) is 6.42. The number of ether oxygens (including phenoxy) is 2. The van der Waals surface area contributed by atoms with Crippen LogP contribution in [0, 0.1) is 5.92 Å². The van der Waals surface area contributed by atoms with Crippen molar-refractivity contribution in [1.29, 1.82) is 0 Å². The molecule has 2 rings (SSSR count). The number of nitrogens with zero attached hydrogens (tertiary/aromatic N) is 1. The second kappa shape index (κ2) is 6.45. The van der Waals surface area contributed by atoms with Crippen LogP contribution in [0.15, 0.2) is 16.6 Å². The quantitative estimate of drug-likeness (QED) is 0.907. The lowest BCUT2D eigenvalue weighted by Crippen LogP contribution is -2.29. The number of benzene rings is 1. The van der Waals surface area contributed by atoms with Gasteiger partial charge in [-0.3, -0.25) is 4.79 Å². The van der Waals surface area contributed by atoms with Crippen LogP contribution in [0.2, 0.25) is 0 Å². The van der Waals surface area contributed by atoms with Crippen LogP contribution in [0.25, 0.3) is 0 Å². The summed E-state index contributed by atoms with van der Waals surface area (Å²) in [4.78, 5) is 14.3. The minimum atomic E-state index is -0.0996. The zero-order valence-electron chi connectivity index (χ0n) is 11.6. The lowest BCUT2D eigenvalue weighted by atomic mass is 10.1. The van der Waals surface area contributed by atoms with Gasteiger partial charge in [0.25, 0.3) is 5.91 Å². The van der Waals surface area contributed by atoms with Crippen molar-refractivity contribution in [1.82, 2.24) is 4.90 Å². The average Bonchev–Trinajstić information content (AvgIpc) is 2.94. The molecule has 6 heteroatoms. The van der Waals surface area contributed by atoms with Gasteiger partial charge >= 0.3 is 0 Å². The Balaban J connectivity index is 2.31. The molecule has 20 heavy (non-hydrogen) atoms. The first-order valence-corrected chi connectivity index (χ1v) is 7.21. The van der Waals surface area contributed by atoms with Gasteiger partial charge in [-0.15, -0.1) is 0 Å². The number of aliphatic hydroxyl groups is 1. The Hall–Kier alpha value is -1.27. The fraction of sp³-hybridized carbons (Fsp3) is 0.500. The van der Waals surface area contributed by atoms with Crippen molar-refractivity contribution in [2.75, 3.05) is 33.9 Å². The summed E-state index contributed by atoms with van der Waals surface area (Å²) in [5.74, 6) is 1.17. The Morgan fingerprint density at radius 1 is 1.45 bits per heavy atom. The highest BCUT2D eigenvalue weighted by Gasteiger charge is 2.29. The van der Waals surface area contributed by atoms with Crippen molar-refractivity contribution in [3.63, 3.8) is 0 Å². The van der Waals surface area contributed by atoms with Crippen molar-refractivity contribution in [3.8, 4) is 11.5 Å². The topological polar surface area (TPSA) is 59.0 Å². The number of hydrogen-bond acceptors (Lipinski definition) is 4. The van der Waals surface area contributed by atoms with E-state index in [1.54, 1.807) is 24.1 Å². The Labute approximate surface area is 126 Å². The molecular formula is C14H18BrNO4. The summed E-state index contributed by atoms with van der Waals surface area (Å²) in [5.41, 5.74) is 0.470. The van der Waals surface area contributed by atoms with Gasteiger partial charge in [0.05, 0.1) is 24.3 Å². The normalized spacial score (nSPS) is 18.2. The smallest absolute Gasteiger partial charge is 0.257 e. The number of carbonyl (C=O) groups excluding carboxylic acids is 1. The summed E-state index contributed by atoms with van der Waals surface area (Å²) in [7, 11) is 3.09. The number of aliphatic hydroxyl groups excluding tert-OH is 1. The summed E-state index contributed by atoms with van der Waals surface area (Å²) in [6.45, 7) is 1.35. The van der Waals surface area contributed by atoms with Gasteiger partial charge in [-0.2, -0.15) is 0 Å². The van der Waals surface area contributed by atoms with E-state index in [0.29, 0.717) is 34.6 Å². The highest BCUT2D eigenvalue weighted by atomic mass is 79.9. The van der Waals surface area contributed by atoms with E-state index in [9.17, 15) is 9.90 Å². The molecule has 1 aromatic rings. The molecule has 1 unspecified atom stereocenters. The largest absolute Gasteiger partial charge is 0.497 e. The lowest BCUT2D eigenvalue weighted by molar-refractivity contribution is 0.0778. The van der Waals surface area contributed by atoms with Gasteiger partial charge in [0.1, 0.15) is 11.5 Å². The molecule has 1 heterocycles. The molecule has 1 atom stereocenters. The molecule has 0 aromatic heterocycles. The van der Waals surface area contributed by atoms with Gasteiger partial charge in [0.2, 0.25) is 0 Å². The minimum Gasteiger partial charge on any atom is -0.497 e. The zero-order valence-corrected chi connectivity index (χ0v) is 13.1. The van der Waals surface area contributed by atoms with Gasteiger partial charge in [0, 0.05) is 25.6 Å². The molecule has 1 amide bonds. The van der Waals surface area contributed by atoms with Gasteiger partial charge in [0.15, 0.2) is 0 Å². The van der Waals surface area contributed by atoms with Gasteiger partial charge in [-0.1, -0.05) is 0 Å². The summed E-state index contributed by atoms with van der Waals surface area (Å²) >= 11 is 3.39. The SMILES string of the molecule is COc1cc(Br)c(OC)c(C(=O)N2CCC(CO)C2)c1. The molecule has 0 spiro atoms. The van der Waals surface area contributed by atoms with Crippen LogP contribution in [0.5, 0.6) is 11.5 Å². The number of carbonyl (C=O) groups is 1. The third-order valence-corrected chi connectivity index (χ3v) is 4.11. The van der Waals surface area contributed by atoms with Gasteiger partial charge in [-0.05, 0) is 34.5 Å². The van der Waals surface area contributed by atoms with Crippen molar-refractivity contribution >= 4 is 21.8 Å². The molecule has 0 bridgehead atoms. The second-order valence-corrected chi connectivity index (χ2v) is 5.63. The van der Waals surface area contributed by atoms with Crippen LogP contribution >= 0.6 is 15.9 Å². The Bertz CT molecular complexity index is 506. The maximum Gasteiger partial charge on any atom is 0.257 e. The first kappa shape index (κ1) is 15.1. The van der Waals surface area contributed by atoms with Crippen molar-refractivity contribution in [2.45, 2.75) is 6.42 Å². The number of methoxy groups -OCH3 is 2. The van der Waals surface area contributed by atoms with Crippen LogP contribution in [0.3, 0.4) is 0 Å². The molecule has 1 saturated heterocycles. The van der Waals surface area contributed by atoms with Crippen LogP contribution in [0.1, 0.15) is 16.8 Å². The first-order chi connectivity index (χ1) is 9.60. The summed E-state index contributed by atoms with van der Waals surface area (Å²) in [5, 5.41) is 9.17. The number of hydrogen-bond donors (Lipinski definition) is 1. The fourth-order valence-electron chi connectivity index (χ4n) is 2.39. The molecule has 1 aliphatic rings. The van der Waals surface area contributed by atoms with E-state index in [4.69, 9.17) is 9.47 Å². The van der Waals surface area contributed by atoms with Crippen molar-refractivity contribution in [2.24, 2.45) is 5.92 Å². The standard InChI is InChI=1S/C14H18BrNO4/c1-19-10-5-11(13(20-2)12(15)6-10)14(18)16-4-3-9(7-16)8-17/h5-6,9,17H,3-4,7-8H2,1-2H3. The number of amides is 1. The molecule has 5 nitrogen and oxygen atoms in total. The number of likely N-dealkylation sites (tertiary alicyclic amines) is 1. The van der Waals surface area contributed by atoms with E-state index in [0.717, 1.165) is 6.42 Å². The molecule has 0 aliphatic carbocycles. The maximum absolute atomic E-state index is 12.6. The second-order valence-electron chi connectivity index (χ2n) is 4.78. The maximum atomic E-state index is 12.6. The van der Waals surface area contributed by atoms with E-state index >= 15 is 0 Å². The van der Waals surface area contributed by atoms with E-state index < -0.39 is 0 Å². The van der Waals surface area contributed by atoms with Crippen molar-refractivity contribution < 1.29 is 19.4 Å². The van der Waals surface area contributed by atoms with Crippen LogP contribution in [-0.4, -0.2) is 49.8 Å². The van der Waals surface area contributed by atoms with Crippen LogP contribution in [-0.2, 0) is 0 Å². The highest BCUT2D eigenvalue weighted by Crippen LogP contribution is 2.35.